The number of rotatable bonds is 15. The highest BCUT2D eigenvalue weighted by Crippen LogP contribution is 2.41. The van der Waals surface area contributed by atoms with Gasteiger partial charge in [0.2, 0.25) is 0 Å². The molecule has 1 heterocycles. The summed E-state index contributed by atoms with van der Waals surface area (Å²) in [5.74, 6) is 1.68. The quantitative estimate of drug-likeness (QED) is 0.176. The molecule has 0 bridgehead atoms. The van der Waals surface area contributed by atoms with Gasteiger partial charge in [-0.2, -0.15) is 0 Å². The van der Waals surface area contributed by atoms with E-state index in [1.807, 2.05) is 11.8 Å². The number of benzene rings is 1. The molecular formula is C22H35NO2S2. The number of thioether (sulfide) groups is 1. The molecule has 0 fully saturated rings. The highest BCUT2D eigenvalue weighted by Gasteiger charge is 2.19. The first-order chi connectivity index (χ1) is 13.3. The second-order valence-corrected chi connectivity index (χ2v) is 9.20. The third-order valence-electron chi connectivity index (χ3n) is 4.79. The van der Waals surface area contributed by atoms with Crippen LogP contribution in [0.2, 0.25) is 0 Å². The predicted octanol–water partition coefficient (Wildman–Crippen LogP) is 7.06. The van der Waals surface area contributed by atoms with Crippen molar-refractivity contribution in [3.8, 4) is 0 Å². The molecular weight excluding hydrogens is 374 g/mol. The Labute approximate surface area is 174 Å². The van der Waals surface area contributed by atoms with E-state index in [0.717, 1.165) is 18.1 Å². The fourth-order valence-electron chi connectivity index (χ4n) is 3.18. The molecule has 3 nitrogen and oxygen atoms in total. The van der Waals surface area contributed by atoms with Crippen LogP contribution in [0.4, 0.5) is 5.69 Å². The summed E-state index contributed by atoms with van der Waals surface area (Å²) in [5, 5.41) is 0. The lowest BCUT2D eigenvalue weighted by Crippen LogP contribution is -2.12. The van der Waals surface area contributed by atoms with Crippen LogP contribution in [-0.2, 0) is 9.53 Å². The molecule has 0 amide bonds. The molecule has 1 aliphatic rings. The predicted molar refractivity (Wildman–Crippen MR) is 120 cm³/mol. The van der Waals surface area contributed by atoms with Crippen LogP contribution in [0, 0.1) is 0 Å². The number of ether oxygens (including phenoxy) is 1. The Morgan fingerprint density at radius 1 is 1.04 bits per heavy atom. The monoisotopic (exact) mass is 409 g/mol. The molecule has 27 heavy (non-hydrogen) atoms. The SMILES string of the molecule is CCCCCCCCCCCCOC(=O)CCSN1CSc2ccccc21. The van der Waals surface area contributed by atoms with Gasteiger partial charge in [0.15, 0.2) is 0 Å². The number of carbonyl (C=O) groups is 1. The molecule has 0 N–H and O–H groups in total. The van der Waals surface area contributed by atoms with Crippen LogP contribution >= 0.6 is 23.7 Å². The van der Waals surface area contributed by atoms with Crippen LogP contribution in [0.3, 0.4) is 0 Å². The standard InChI is InChI=1S/C22H35NO2S2/c1-2-3-4-5-6-7-8-9-10-13-17-25-22(24)16-18-27-23-19-26-21-15-12-11-14-20(21)23/h11-12,14-15H,2-10,13,16-19H2,1H3. The zero-order valence-corrected chi connectivity index (χ0v) is 18.4. The van der Waals surface area contributed by atoms with E-state index in [1.54, 1.807) is 11.9 Å². The van der Waals surface area contributed by atoms with Crippen molar-refractivity contribution in [1.82, 2.24) is 0 Å². The smallest absolute Gasteiger partial charge is 0.306 e. The summed E-state index contributed by atoms with van der Waals surface area (Å²) in [4.78, 5) is 13.2. The number of hydrogen-bond acceptors (Lipinski definition) is 5. The molecule has 0 radical (unpaired) electrons. The summed E-state index contributed by atoms with van der Waals surface area (Å²) in [7, 11) is 0. The third-order valence-corrected chi connectivity index (χ3v) is 7.02. The Morgan fingerprint density at radius 3 is 2.44 bits per heavy atom. The van der Waals surface area contributed by atoms with E-state index in [-0.39, 0.29) is 5.97 Å². The van der Waals surface area contributed by atoms with Gasteiger partial charge in [0.1, 0.15) is 0 Å². The fraction of sp³-hybridized carbons (Fsp3) is 0.682. The lowest BCUT2D eigenvalue weighted by atomic mass is 10.1. The van der Waals surface area contributed by atoms with Gasteiger partial charge in [-0.1, -0.05) is 76.8 Å². The van der Waals surface area contributed by atoms with Crippen LogP contribution in [0.25, 0.3) is 0 Å². The normalized spacial score (nSPS) is 13.0. The maximum absolute atomic E-state index is 11.9. The zero-order valence-electron chi connectivity index (χ0n) is 16.8. The molecule has 2 rings (SSSR count). The number of anilines is 1. The minimum Gasteiger partial charge on any atom is -0.466 e. The number of hydrogen-bond donors (Lipinski definition) is 0. The van der Waals surface area contributed by atoms with Crippen molar-refractivity contribution in [3.63, 3.8) is 0 Å². The number of unbranched alkanes of at least 4 members (excludes halogenated alkanes) is 9. The Balaban J connectivity index is 1.39. The first-order valence-electron chi connectivity index (χ1n) is 10.6. The molecule has 1 aliphatic heterocycles. The van der Waals surface area contributed by atoms with Crippen molar-refractivity contribution in [1.29, 1.82) is 0 Å². The Kier molecular flexibility index (Phi) is 11.8. The lowest BCUT2D eigenvalue weighted by Gasteiger charge is -2.16. The summed E-state index contributed by atoms with van der Waals surface area (Å²) >= 11 is 3.58. The largest absolute Gasteiger partial charge is 0.466 e. The van der Waals surface area contributed by atoms with E-state index in [9.17, 15) is 4.79 Å². The Hall–Kier alpha value is -0.810. The number of carbonyl (C=O) groups excluding carboxylic acids is 1. The molecule has 1 aromatic carbocycles. The Morgan fingerprint density at radius 2 is 1.70 bits per heavy atom. The van der Waals surface area contributed by atoms with Gasteiger partial charge in [-0.25, -0.2) is 0 Å². The van der Waals surface area contributed by atoms with Gasteiger partial charge in [0.25, 0.3) is 0 Å². The van der Waals surface area contributed by atoms with Gasteiger partial charge in [0, 0.05) is 10.6 Å². The van der Waals surface area contributed by atoms with Crippen LogP contribution in [0.1, 0.15) is 77.6 Å². The van der Waals surface area contributed by atoms with Crippen LogP contribution in [-0.4, -0.2) is 24.2 Å². The van der Waals surface area contributed by atoms with Crippen molar-refractivity contribution >= 4 is 35.4 Å². The maximum Gasteiger partial charge on any atom is 0.306 e. The number of esters is 1. The summed E-state index contributed by atoms with van der Waals surface area (Å²) in [6.45, 7) is 2.85. The van der Waals surface area contributed by atoms with Crippen LogP contribution in [0.5, 0.6) is 0 Å². The third kappa shape index (κ3) is 9.29. The van der Waals surface area contributed by atoms with Gasteiger partial charge < -0.3 is 9.04 Å². The van der Waals surface area contributed by atoms with Crippen molar-refractivity contribution in [2.75, 3.05) is 22.5 Å². The van der Waals surface area contributed by atoms with E-state index >= 15 is 0 Å². The van der Waals surface area contributed by atoms with E-state index < -0.39 is 0 Å². The molecule has 0 aliphatic carbocycles. The second-order valence-electron chi connectivity index (χ2n) is 7.11. The molecule has 0 saturated carbocycles. The maximum atomic E-state index is 11.9. The van der Waals surface area contributed by atoms with Crippen molar-refractivity contribution in [3.05, 3.63) is 24.3 Å². The second kappa shape index (κ2) is 14.2. The molecule has 0 spiro atoms. The summed E-state index contributed by atoms with van der Waals surface area (Å²) in [6.07, 6.45) is 13.5. The van der Waals surface area contributed by atoms with Gasteiger partial charge in [0.05, 0.1) is 24.6 Å². The van der Waals surface area contributed by atoms with Crippen molar-refractivity contribution in [2.45, 2.75) is 82.4 Å². The van der Waals surface area contributed by atoms with Crippen LogP contribution < -0.4 is 4.31 Å². The van der Waals surface area contributed by atoms with E-state index in [4.69, 9.17) is 4.74 Å². The molecule has 152 valence electrons. The minimum absolute atomic E-state index is 0.0569. The minimum atomic E-state index is -0.0569. The highest BCUT2D eigenvalue weighted by molar-refractivity contribution is 8.04. The summed E-state index contributed by atoms with van der Waals surface area (Å²) in [6, 6.07) is 8.44. The van der Waals surface area contributed by atoms with E-state index in [1.165, 1.54) is 68.4 Å². The number of nitrogens with zero attached hydrogens (tertiary/aromatic N) is 1. The molecule has 0 unspecified atom stereocenters. The average molecular weight is 410 g/mol. The number of fused-ring (bicyclic) bond motifs is 1. The molecule has 5 heteroatoms. The van der Waals surface area contributed by atoms with Gasteiger partial charge in [-0.05, 0) is 30.5 Å². The van der Waals surface area contributed by atoms with Gasteiger partial charge in [-0.3, -0.25) is 4.79 Å². The highest BCUT2D eigenvalue weighted by atomic mass is 32.2. The summed E-state index contributed by atoms with van der Waals surface area (Å²) < 4.78 is 7.65. The average Bonchev–Trinajstić information content (AvgIpc) is 3.09. The molecule has 0 atom stereocenters. The number of para-hydroxylation sites is 1. The van der Waals surface area contributed by atoms with Gasteiger partial charge in [-0.15, -0.1) is 11.8 Å². The van der Waals surface area contributed by atoms with Crippen LogP contribution in [0.15, 0.2) is 29.2 Å². The van der Waals surface area contributed by atoms with Crippen molar-refractivity contribution in [2.24, 2.45) is 0 Å². The molecule has 0 saturated heterocycles. The van der Waals surface area contributed by atoms with Gasteiger partial charge >= 0.3 is 5.97 Å². The first-order valence-corrected chi connectivity index (χ1v) is 12.5. The van der Waals surface area contributed by atoms with E-state index in [0.29, 0.717) is 13.0 Å². The molecule has 0 aromatic heterocycles. The Bertz CT molecular complexity index is 539. The fourth-order valence-corrected chi connectivity index (χ4v) is 5.36. The molecule has 1 aromatic rings. The zero-order chi connectivity index (χ0) is 19.2. The topological polar surface area (TPSA) is 29.5 Å². The van der Waals surface area contributed by atoms with E-state index in [2.05, 4.69) is 35.5 Å². The van der Waals surface area contributed by atoms with Crippen molar-refractivity contribution < 1.29 is 9.53 Å². The lowest BCUT2D eigenvalue weighted by molar-refractivity contribution is -0.143. The first kappa shape index (κ1) is 22.5. The summed E-state index contributed by atoms with van der Waals surface area (Å²) in [5.41, 5.74) is 1.27.